The van der Waals surface area contributed by atoms with Gasteiger partial charge in [-0.1, -0.05) is 27.7 Å². The molecule has 1 aliphatic heterocycles. The molecule has 6 nitrogen and oxygen atoms in total. The van der Waals surface area contributed by atoms with E-state index in [1.807, 2.05) is 27.7 Å². The fourth-order valence-corrected chi connectivity index (χ4v) is 2.76. The van der Waals surface area contributed by atoms with E-state index in [0.29, 0.717) is 19.4 Å². The maximum absolute atomic E-state index is 12.5. The average molecular weight is 312 g/mol. The van der Waals surface area contributed by atoms with Crippen molar-refractivity contribution >= 4 is 17.8 Å². The predicted molar refractivity (Wildman–Crippen MR) is 83.2 cm³/mol. The lowest BCUT2D eigenvalue weighted by Crippen LogP contribution is -2.55. The molecule has 0 radical (unpaired) electrons. The van der Waals surface area contributed by atoms with E-state index in [9.17, 15) is 19.5 Å². The molecule has 0 aromatic carbocycles. The molecule has 1 aliphatic rings. The summed E-state index contributed by atoms with van der Waals surface area (Å²) in [5.74, 6) is -1.42. The highest BCUT2D eigenvalue weighted by Gasteiger charge is 2.34. The minimum atomic E-state index is -1.03. The van der Waals surface area contributed by atoms with Gasteiger partial charge in [-0.05, 0) is 31.6 Å². The first kappa shape index (κ1) is 18.5. The van der Waals surface area contributed by atoms with E-state index < -0.39 is 18.1 Å². The van der Waals surface area contributed by atoms with E-state index >= 15 is 0 Å². The van der Waals surface area contributed by atoms with Crippen molar-refractivity contribution in [1.29, 1.82) is 0 Å². The number of amides is 2. The van der Waals surface area contributed by atoms with Crippen LogP contribution >= 0.6 is 0 Å². The number of carbonyl (C=O) groups excluding carboxylic acids is 2. The summed E-state index contributed by atoms with van der Waals surface area (Å²) in [5, 5.41) is 11.8. The second kappa shape index (κ2) is 8.15. The van der Waals surface area contributed by atoms with Crippen molar-refractivity contribution in [2.24, 2.45) is 11.8 Å². The van der Waals surface area contributed by atoms with Gasteiger partial charge in [0.05, 0.1) is 0 Å². The highest BCUT2D eigenvalue weighted by molar-refractivity contribution is 5.91. The van der Waals surface area contributed by atoms with Gasteiger partial charge < -0.3 is 15.3 Å². The fraction of sp³-hybridized carbons (Fsp3) is 0.812. The smallest absolute Gasteiger partial charge is 0.326 e. The van der Waals surface area contributed by atoms with Gasteiger partial charge >= 0.3 is 5.97 Å². The molecule has 2 atom stereocenters. The molecule has 22 heavy (non-hydrogen) atoms. The molecular formula is C16H28N2O4. The van der Waals surface area contributed by atoms with Crippen LogP contribution in [0, 0.1) is 11.8 Å². The molecule has 0 aliphatic carbocycles. The lowest BCUT2D eigenvalue weighted by molar-refractivity contribution is -0.147. The number of likely N-dealkylation sites (tertiary alicyclic amines) is 1. The maximum atomic E-state index is 12.5. The quantitative estimate of drug-likeness (QED) is 0.780. The van der Waals surface area contributed by atoms with Gasteiger partial charge in [-0.25, -0.2) is 4.79 Å². The Morgan fingerprint density at radius 2 is 1.82 bits per heavy atom. The lowest BCUT2D eigenvalue weighted by Gasteiger charge is -2.36. The van der Waals surface area contributed by atoms with Crippen molar-refractivity contribution in [2.75, 3.05) is 6.54 Å². The number of nitrogens with one attached hydrogen (secondary N) is 1. The Balaban J connectivity index is 2.79. The van der Waals surface area contributed by atoms with Crippen molar-refractivity contribution in [3.8, 4) is 0 Å². The van der Waals surface area contributed by atoms with Gasteiger partial charge in [0, 0.05) is 12.5 Å². The molecule has 1 heterocycles. The number of aliphatic carboxylic acids is 1. The Morgan fingerprint density at radius 1 is 1.18 bits per heavy atom. The number of rotatable bonds is 6. The first-order chi connectivity index (χ1) is 10.2. The van der Waals surface area contributed by atoms with Crippen molar-refractivity contribution in [3.05, 3.63) is 0 Å². The standard InChI is InChI=1S/C16H28N2O4/c1-10(2)9-12(16(21)22)17-14(19)13-7-5-6-8-18(13)15(20)11(3)4/h10-13H,5-9H2,1-4H3,(H,17,19)(H,21,22)/t12-,13?/m1/s1. The van der Waals surface area contributed by atoms with E-state index in [1.54, 1.807) is 4.90 Å². The molecule has 0 spiro atoms. The third kappa shape index (κ3) is 5.00. The Morgan fingerprint density at radius 3 is 2.32 bits per heavy atom. The SMILES string of the molecule is CC(C)C[C@@H](NC(=O)C1CCCCN1C(=O)C(C)C)C(=O)O. The summed E-state index contributed by atoms with van der Waals surface area (Å²) in [4.78, 5) is 37.6. The largest absolute Gasteiger partial charge is 0.480 e. The van der Waals surface area contributed by atoms with Crippen LogP contribution in [0.2, 0.25) is 0 Å². The van der Waals surface area contributed by atoms with Crippen molar-refractivity contribution < 1.29 is 19.5 Å². The van der Waals surface area contributed by atoms with Crippen LogP contribution in [0.3, 0.4) is 0 Å². The number of hydrogen-bond donors (Lipinski definition) is 2. The van der Waals surface area contributed by atoms with Crippen LogP contribution in [0.25, 0.3) is 0 Å². The zero-order valence-corrected chi connectivity index (χ0v) is 14.0. The van der Waals surface area contributed by atoms with Crippen molar-refractivity contribution in [2.45, 2.75) is 65.5 Å². The van der Waals surface area contributed by atoms with Gasteiger partial charge in [0.1, 0.15) is 12.1 Å². The summed E-state index contributed by atoms with van der Waals surface area (Å²) < 4.78 is 0. The van der Waals surface area contributed by atoms with Crippen LogP contribution in [0.15, 0.2) is 0 Å². The van der Waals surface area contributed by atoms with Crippen LogP contribution in [-0.2, 0) is 14.4 Å². The van der Waals surface area contributed by atoms with Gasteiger partial charge in [-0.2, -0.15) is 0 Å². The van der Waals surface area contributed by atoms with Gasteiger partial charge in [-0.15, -0.1) is 0 Å². The normalized spacial score (nSPS) is 20.1. The highest BCUT2D eigenvalue weighted by atomic mass is 16.4. The fourth-order valence-electron chi connectivity index (χ4n) is 2.76. The zero-order valence-electron chi connectivity index (χ0n) is 14.0. The average Bonchev–Trinajstić information content (AvgIpc) is 2.44. The number of nitrogens with zero attached hydrogens (tertiary/aromatic N) is 1. The molecule has 2 amide bonds. The van der Waals surface area contributed by atoms with Crippen LogP contribution in [0.5, 0.6) is 0 Å². The molecule has 0 bridgehead atoms. The van der Waals surface area contributed by atoms with Gasteiger partial charge in [0.25, 0.3) is 0 Å². The first-order valence-corrected chi connectivity index (χ1v) is 8.07. The first-order valence-electron chi connectivity index (χ1n) is 8.07. The maximum Gasteiger partial charge on any atom is 0.326 e. The highest BCUT2D eigenvalue weighted by Crippen LogP contribution is 2.20. The van der Waals surface area contributed by atoms with Gasteiger partial charge in [0.15, 0.2) is 0 Å². The molecule has 1 fully saturated rings. The van der Waals surface area contributed by atoms with E-state index in [4.69, 9.17) is 0 Å². The molecule has 1 rings (SSSR count). The summed E-state index contributed by atoms with van der Waals surface area (Å²) in [6, 6.07) is -1.44. The molecule has 1 unspecified atom stereocenters. The number of carbonyl (C=O) groups is 3. The Labute approximate surface area is 132 Å². The van der Waals surface area contributed by atoms with Crippen LogP contribution in [0.4, 0.5) is 0 Å². The molecular weight excluding hydrogens is 284 g/mol. The van der Waals surface area contributed by atoms with Gasteiger partial charge in [0.2, 0.25) is 11.8 Å². The van der Waals surface area contributed by atoms with E-state index in [0.717, 1.165) is 12.8 Å². The molecule has 126 valence electrons. The predicted octanol–water partition coefficient (Wildman–Crippen LogP) is 1.64. The Hall–Kier alpha value is -1.59. The molecule has 0 aromatic heterocycles. The third-order valence-electron chi connectivity index (χ3n) is 3.90. The topological polar surface area (TPSA) is 86.7 Å². The van der Waals surface area contributed by atoms with Crippen molar-refractivity contribution in [3.63, 3.8) is 0 Å². The summed E-state index contributed by atoms with van der Waals surface area (Å²) >= 11 is 0. The molecule has 2 N–H and O–H groups in total. The number of carboxylic acid groups (broad SMARTS) is 1. The molecule has 0 aromatic rings. The van der Waals surface area contributed by atoms with E-state index in [2.05, 4.69) is 5.32 Å². The minimum absolute atomic E-state index is 0.0458. The monoisotopic (exact) mass is 312 g/mol. The van der Waals surface area contributed by atoms with Gasteiger partial charge in [-0.3, -0.25) is 9.59 Å². The van der Waals surface area contributed by atoms with Crippen molar-refractivity contribution in [1.82, 2.24) is 10.2 Å². The third-order valence-corrected chi connectivity index (χ3v) is 3.90. The summed E-state index contributed by atoms with van der Waals surface area (Å²) in [5.41, 5.74) is 0. The van der Waals surface area contributed by atoms with Crippen LogP contribution in [-0.4, -0.2) is 46.4 Å². The van der Waals surface area contributed by atoms with E-state index in [-0.39, 0.29) is 23.7 Å². The second-order valence-corrected chi connectivity index (χ2v) is 6.73. The molecule has 1 saturated heterocycles. The Kier molecular flexibility index (Phi) is 6.84. The van der Waals surface area contributed by atoms with E-state index in [1.165, 1.54) is 0 Å². The minimum Gasteiger partial charge on any atom is -0.480 e. The summed E-state index contributed by atoms with van der Waals surface area (Å²) in [6.45, 7) is 8.01. The van der Waals surface area contributed by atoms with Crippen LogP contribution < -0.4 is 5.32 Å². The number of hydrogen-bond acceptors (Lipinski definition) is 3. The molecule has 6 heteroatoms. The summed E-state index contributed by atoms with van der Waals surface area (Å²) in [6.07, 6.45) is 2.74. The lowest BCUT2D eigenvalue weighted by atomic mass is 9.98. The second-order valence-electron chi connectivity index (χ2n) is 6.73. The Bertz CT molecular complexity index is 420. The number of piperidine rings is 1. The summed E-state index contributed by atoms with van der Waals surface area (Å²) in [7, 11) is 0. The van der Waals surface area contributed by atoms with Crippen LogP contribution in [0.1, 0.15) is 53.4 Å². The number of carboxylic acids is 1. The molecule has 0 saturated carbocycles. The zero-order chi connectivity index (χ0) is 16.9.